The quantitative estimate of drug-likeness (QED) is 0.789. The molecule has 22 heavy (non-hydrogen) atoms. The molecule has 0 unspecified atom stereocenters. The van der Waals surface area contributed by atoms with Crippen LogP contribution >= 0.6 is 0 Å². The highest BCUT2D eigenvalue weighted by molar-refractivity contribution is 5.76. The van der Waals surface area contributed by atoms with Crippen molar-refractivity contribution < 1.29 is 9.53 Å². The van der Waals surface area contributed by atoms with Crippen molar-refractivity contribution in [1.82, 2.24) is 9.88 Å². The van der Waals surface area contributed by atoms with Gasteiger partial charge in [-0.2, -0.15) is 0 Å². The van der Waals surface area contributed by atoms with Crippen LogP contribution in [0, 0.1) is 6.92 Å². The number of pyridine rings is 1. The van der Waals surface area contributed by atoms with Gasteiger partial charge in [-0.1, -0.05) is 24.3 Å². The second kappa shape index (κ2) is 8.17. The predicted molar refractivity (Wildman–Crippen MR) is 86.9 cm³/mol. The van der Waals surface area contributed by atoms with E-state index in [1.54, 1.807) is 17.3 Å². The Bertz CT molecular complexity index is 599. The van der Waals surface area contributed by atoms with Gasteiger partial charge in [0.05, 0.1) is 6.54 Å². The lowest BCUT2D eigenvalue weighted by Crippen LogP contribution is -2.31. The monoisotopic (exact) mass is 298 g/mol. The summed E-state index contributed by atoms with van der Waals surface area (Å²) in [6.45, 7) is 3.10. The van der Waals surface area contributed by atoms with E-state index in [1.807, 2.05) is 50.4 Å². The molecule has 0 atom stereocenters. The number of amides is 1. The Hall–Kier alpha value is -2.36. The van der Waals surface area contributed by atoms with Crippen LogP contribution in [-0.2, 0) is 11.2 Å². The number of likely N-dealkylation sites (N-methyl/N-ethyl adjacent to an activating group) is 1. The lowest BCUT2D eigenvalue weighted by Gasteiger charge is -2.18. The first-order valence-electron chi connectivity index (χ1n) is 7.48. The molecule has 0 radical (unpaired) electrons. The van der Waals surface area contributed by atoms with Crippen LogP contribution in [-0.4, -0.2) is 36.0 Å². The Morgan fingerprint density at radius 3 is 2.77 bits per heavy atom. The van der Waals surface area contributed by atoms with Gasteiger partial charge >= 0.3 is 0 Å². The first-order valence-corrected chi connectivity index (χ1v) is 7.48. The van der Waals surface area contributed by atoms with Crippen LogP contribution in [0.15, 0.2) is 48.8 Å². The summed E-state index contributed by atoms with van der Waals surface area (Å²) in [5.74, 6) is 0.996. The van der Waals surface area contributed by atoms with E-state index in [-0.39, 0.29) is 5.91 Å². The minimum atomic E-state index is 0.122. The van der Waals surface area contributed by atoms with Gasteiger partial charge in [0.2, 0.25) is 5.91 Å². The number of carbonyl (C=O) groups excluding carboxylic acids is 1. The van der Waals surface area contributed by atoms with Crippen LogP contribution in [0.1, 0.15) is 17.5 Å². The van der Waals surface area contributed by atoms with E-state index in [2.05, 4.69) is 4.98 Å². The molecule has 0 saturated carbocycles. The third-order valence-electron chi connectivity index (χ3n) is 3.55. The second-order valence-electron chi connectivity index (χ2n) is 5.29. The second-order valence-corrected chi connectivity index (χ2v) is 5.29. The van der Waals surface area contributed by atoms with Gasteiger partial charge in [-0.25, -0.2) is 0 Å². The fraction of sp³-hybridized carbons (Fsp3) is 0.333. The number of benzene rings is 1. The number of rotatable bonds is 7. The lowest BCUT2D eigenvalue weighted by atomic mass is 10.1. The van der Waals surface area contributed by atoms with E-state index in [4.69, 9.17) is 4.74 Å². The Labute approximate surface area is 131 Å². The molecule has 0 N–H and O–H groups in total. The molecule has 2 rings (SSSR count). The first kappa shape index (κ1) is 16.0. The van der Waals surface area contributed by atoms with E-state index >= 15 is 0 Å². The molecule has 1 amide bonds. The summed E-state index contributed by atoms with van der Waals surface area (Å²) in [4.78, 5) is 17.8. The largest absolute Gasteiger partial charge is 0.491 e. The van der Waals surface area contributed by atoms with E-state index < -0.39 is 0 Å². The third kappa shape index (κ3) is 4.88. The van der Waals surface area contributed by atoms with Gasteiger partial charge in [0.15, 0.2) is 0 Å². The minimum absolute atomic E-state index is 0.122. The zero-order valence-electron chi connectivity index (χ0n) is 13.2. The van der Waals surface area contributed by atoms with Crippen molar-refractivity contribution in [3.8, 4) is 5.75 Å². The number of nitrogens with zero attached hydrogens (tertiary/aromatic N) is 2. The fourth-order valence-electron chi connectivity index (χ4n) is 2.12. The molecule has 0 aliphatic rings. The summed E-state index contributed by atoms with van der Waals surface area (Å²) in [5.41, 5.74) is 2.19. The van der Waals surface area contributed by atoms with Gasteiger partial charge < -0.3 is 9.64 Å². The lowest BCUT2D eigenvalue weighted by molar-refractivity contribution is -0.130. The molecular formula is C18H22N2O2. The number of carbonyl (C=O) groups is 1. The molecule has 1 aromatic heterocycles. The Balaban J connectivity index is 1.71. The average Bonchev–Trinajstić information content (AvgIpc) is 2.55. The molecule has 4 heteroatoms. The Morgan fingerprint density at radius 1 is 1.23 bits per heavy atom. The molecule has 0 saturated heterocycles. The first-order chi connectivity index (χ1) is 10.7. The minimum Gasteiger partial charge on any atom is -0.491 e. The maximum atomic E-state index is 12.1. The molecule has 0 bridgehead atoms. The molecule has 0 aliphatic heterocycles. The van der Waals surface area contributed by atoms with Gasteiger partial charge in [0, 0.05) is 25.9 Å². The SMILES string of the molecule is Cc1ccccc1OCCN(C)C(=O)CCc1cccnc1. The maximum absolute atomic E-state index is 12.1. The zero-order valence-corrected chi connectivity index (χ0v) is 13.2. The van der Waals surface area contributed by atoms with Crippen molar-refractivity contribution in [3.05, 3.63) is 59.9 Å². The Kier molecular flexibility index (Phi) is 5.95. The van der Waals surface area contributed by atoms with Crippen molar-refractivity contribution in [2.45, 2.75) is 19.8 Å². The molecule has 2 aromatic rings. The van der Waals surface area contributed by atoms with Crippen LogP contribution in [0.5, 0.6) is 5.75 Å². The molecule has 0 fully saturated rings. The normalized spacial score (nSPS) is 10.3. The molecule has 116 valence electrons. The highest BCUT2D eigenvalue weighted by Crippen LogP contribution is 2.15. The van der Waals surface area contributed by atoms with Crippen molar-refractivity contribution in [3.63, 3.8) is 0 Å². The van der Waals surface area contributed by atoms with Crippen LogP contribution in [0.25, 0.3) is 0 Å². The number of aromatic nitrogens is 1. The molecule has 4 nitrogen and oxygen atoms in total. The van der Waals surface area contributed by atoms with Gasteiger partial charge in [-0.3, -0.25) is 9.78 Å². The maximum Gasteiger partial charge on any atom is 0.222 e. The van der Waals surface area contributed by atoms with Gasteiger partial charge in [0.25, 0.3) is 0 Å². The van der Waals surface area contributed by atoms with E-state index in [1.165, 1.54) is 0 Å². The summed E-state index contributed by atoms with van der Waals surface area (Å²) < 4.78 is 5.72. The smallest absolute Gasteiger partial charge is 0.222 e. The molecule has 1 aromatic carbocycles. The molecular weight excluding hydrogens is 276 g/mol. The van der Waals surface area contributed by atoms with Crippen LogP contribution < -0.4 is 4.74 Å². The number of ether oxygens (including phenoxy) is 1. The van der Waals surface area contributed by atoms with Crippen LogP contribution in [0.4, 0.5) is 0 Å². The number of para-hydroxylation sites is 1. The zero-order chi connectivity index (χ0) is 15.8. The summed E-state index contributed by atoms with van der Waals surface area (Å²) in [6, 6.07) is 11.8. The van der Waals surface area contributed by atoms with Crippen LogP contribution in [0.2, 0.25) is 0 Å². The van der Waals surface area contributed by atoms with Gasteiger partial charge in [0.1, 0.15) is 12.4 Å². The number of aryl methyl sites for hydroxylation is 2. The summed E-state index contributed by atoms with van der Waals surface area (Å²) in [5, 5.41) is 0. The molecule has 1 heterocycles. The van der Waals surface area contributed by atoms with Gasteiger partial charge in [-0.15, -0.1) is 0 Å². The number of hydrogen-bond acceptors (Lipinski definition) is 3. The topological polar surface area (TPSA) is 42.4 Å². The van der Waals surface area contributed by atoms with Gasteiger partial charge in [-0.05, 0) is 36.6 Å². The summed E-state index contributed by atoms with van der Waals surface area (Å²) >= 11 is 0. The summed E-state index contributed by atoms with van der Waals surface area (Å²) in [6.07, 6.45) is 4.75. The van der Waals surface area contributed by atoms with E-state index in [0.29, 0.717) is 19.6 Å². The molecule has 0 spiro atoms. The Morgan fingerprint density at radius 2 is 2.05 bits per heavy atom. The highest BCUT2D eigenvalue weighted by atomic mass is 16.5. The van der Waals surface area contributed by atoms with Crippen molar-refractivity contribution in [2.75, 3.05) is 20.2 Å². The predicted octanol–water partition coefficient (Wildman–Crippen LogP) is 2.86. The fourth-order valence-corrected chi connectivity index (χ4v) is 2.12. The highest BCUT2D eigenvalue weighted by Gasteiger charge is 2.09. The van der Waals surface area contributed by atoms with Crippen LogP contribution in [0.3, 0.4) is 0 Å². The number of hydrogen-bond donors (Lipinski definition) is 0. The van der Waals surface area contributed by atoms with Crippen molar-refractivity contribution in [1.29, 1.82) is 0 Å². The van der Waals surface area contributed by atoms with E-state index in [0.717, 1.165) is 23.3 Å². The average molecular weight is 298 g/mol. The molecule has 0 aliphatic carbocycles. The van der Waals surface area contributed by atoms with E-state index in [9.17, 15) is 4.79 Å². The summed E-state index contributed by atoms with van der Waals surface area (Å²) in [7, 11) is 1.81. The van der Waals surface area contributed by atoms with Crippen molar-refractivity contribution >= 4 is 5.91 Å². The van der Waals surface area contributed by atoms with Crippen molar-refractivity contribution in [2.24, 2.45) is 0 Å². The third-order valence-corrected chi connectivity index (χ3v) is 3.55. The standard InChI is InChI=1S/C18H22N2O2/c1-15-6-3-4-8-17(15)22-13-12-20(2)18(21)10-9-16-7-5-11-19-14-16/h3-8,11,14H,9-10,12-13H2,1-2H3.